The van der Waals surface area contributed by atoms with Gasteiger partial charge in [-0.3, -0.25) is 14.9 Å². The average Bonchev–Trinajstić information content (AvgIpc) is 2.50. The van der Waals surface area contributed by atoms with Gasteiger partial charge in [0.25, 0.3) is 11.6 Å². The number of hydrogen-bond acceptors (Lipinski definition) is 3. The van der Waals surface area contributed by atoms with Crippen molar-refractivity contribution in [2.45, 2.75) is 13.0 Å². The lowest BCUT2D eigenvalue weighted by Crippen LogP contribution is -2.27. The number of nitro groups is 1. The highest BCUT2D eigenvalue weighted by Crippen LogP contribution is 2.29. The first-order valence-electron chi connectivity index (χ1n) is 6.60. The summed E-state index contributed by atoms with van der Waals surface area (Å²) in [5.74, 6) is -2.57. The van der Waals surface area contributed by atoms with Crippen LogP contribution in [0.25, 0.3) is 0 Å². The van der Waals surface area contributed by atoms with Gasteiger partial charge in [-0.15, -0.1) is 0 Å². The predicted octanol–water partition coefficient (Wildman–Crippen LogP) is 4.67. The van der Waals surface area contributed by atoms with Crippen molar-refractivity contribution in [1.29, 1.82) is 0 Å². The molecule has 1 amide bonds. The minimum absolute atomic E-state index is 0.137. The Hall–Kier alpha value is -2.25. The van der Waals surface area contributed by atoms with E-state index in [1.165, 1.54) is 13.0 Å². The van der Waals surface area contributed by atoms with Crippen LogP contribution in [0.3, 0.4) is 0 Å². The van der Waals surface area contributed by atoms with Gasteiger partial charge < -0.3 is 5.32 Å². The zero-order valence-corrected chi connectivity index (χ0v) is 13.7. The Balaban J connectivity index is 2.23. The molecule has 1 unspecified atom stereocenters. The number of non-ortho nitro benzene ring substituents is 1. The topological polar surface area (TPSA) is 72.2 Å². The summed E-state index contributed by atoms with van der Waals surface area (Å²) in [4.78, 5) is 21.9. The molecule has 2 rings (SSSR count). The SMILES string of the molecule is CC(NC(=O)c1ccc([N+](=O)[O-])cc1F)c1cc(F)c(Cl)cc1Cl. The number of carbonyl (C=O) groups excluding carboxylic acids is 1. The van der Waals surface area contributed by atoms with Crippen molar-refractivity contribution in [3.63, 3.8) is 0 Å². The zero-order chi connectivity index (χ0) is 18.0. The van der Waals surface area contributed by atoms with E-state index in [9.17, 15) is 23.7 Å². The molecule has 2 aromatic carbocycles. The molecule has 0 spiro atoms. The Bertz CT molecular complexity index is 831. The summed E-state index contributed by atoms with van der Waals surface area (Å²) in [6.07, 6.45) is 0. The molecule has 0 bridgehead atoms. The van der Waals surface area contributed by atoms with Crippen molar-refractivity contribution in [3.8, 4) is 0 Å². The molecule has 0 heterocycles. The molecule has 1 N–H and O–H groups in total. The molecule has 0 aliphatic rings. The lowest BCUT2D eigenvalue weighted by molar-refractivity contribution is -0.385. The van der Waals surface area contributed by atoms with Gasteiger partial charge in [0.05, 0.1) is 27.6 Å². The third-order valence-corrected chi connectivity index (χ3v) is 3.88. The van der Waals surface area contributed by atoms with Crippen LogP contribution < -0.4 is 5.32 Å². The summed E-state index contributed by atoms with van der Waals surface area (Å²) >= 11 is 11.6. The van der Waals surface area contributed by atoms with E-state index in [0.717, 1.165) is 18.2 Å². The smallest absolute Gasteiger partial charge is 0.272 e. The van der Waals surface area contributed by atoms with Gasteiger partial charge in [-0.25, -0.2) is 8.78 Å². The number of halogens is 4. The van der Waals surface area contributed by atoms with Crippen LogP contribution in [0.2, 0.25) is 10.0 Å². The maximum Gasteiger partial charge on any atom is 0.272 e. The molecule has 0 aliphatic carbocycles. The Morgan fingerprint density at radius 1 is 1.17 bits per heavy atom. The molecule has 0 aliphatic heterocycles. The van der Waals surface area contributed by atoms with Crippen LogP contribution in [-0.4, -0.2) is 10.8 Å². The molecular formula is C15H10Cl2F2N2O3. The average molecular weight is 375 g/mol. The standard InChI is InChI=1S/C15H10Cl2F2N2O3/c1-7(10-5-14(19)12(17)6-11(10)16)20-15(22)9-3-2-8(21(23)24)4-13(9)18/h2-7H,1H3,(H,20,22). The summed E-state index contributed by atoms with van der Waals surface area (Å²) in [6, 6.07) is 4.18. The third kappa shape index (κ3) is 3.80. The fourth-order valence-corrected chi connectivity index (χ4v) is 2.57. The van der Waals surface area contributed by atoms with Crippen LogP contribution in [0.15, 0.2) is 30.3 Å². The van der Waals surface area contributed by atoms with Gasteiger partial charge in [-0.1, -0.05) is 23.2 Å². The molecule has 5 nitrogen and oxygen atoms in total. The number of nitro benzene ring substituents is 1. The van der Waals surface area contributed by atoms with E-state index in [1.807, 2.05) is 0 Å². The zero-order valence-electron chi connectivity index (χ0n) is 12.1. The summed E-state index contributed by atoms with van der Waals surface area (Å²) < 4.78 is 27.4. The maximum absolute atomic E-state index is 13.8. The van der Waals surface area contributed by atoms with Crippen molar-refractivity contribution in [2.75, 3.05) is 0 Å². The van der Waals surface area contributed by atoms with Gasteiger partial charge in [0.15, 0.2) is 0 Å². The van der Waals surface area contributed by atoms with Gasteiger partial charge in [0, 0.05) is 11.1 Å². The number of nitrogens with zero attached hydrogens (tertiary/aromatic N) is 1. The van der Waals surface area contributed by atoms with Crippen molar-refractivity contribution in [1.82, 2.24) is 5.32 Å². The van der Waals surface area contributed by atoms with E-state index in [-0.39, 0.29) is 21.2 Å². The quantitative estimate of drug-likeness (QED) is 0.480. The van der Waals surface area contributed by atoms with E-state index in [4.69, 9.17) is 23.2 Å². The minimum atomic E-state index is -1.04. The van der Waals surface area contributed by atoms with Crippen LogP contribution >= 0.6 is 23.2 Å². The number of carbonyl (C=O) groups is 1. The molecule has 9 heteroatoms. The molecule has 2 aromatic rings. The van der Waals surface area contributed by atoms with Crippen molar-refractivity contribution in [3.05, 3.63) is 73.3 Å². The van der Waals surface area contributed by atoms with E-state index in [0.29, 0.717) is 6.07 Å². The maximum atomic E-state index is 13.8. The second-order valence-corrected chi connectivity index (χ2v) is 5.72. The third-order valence-electron chi connectivity index (χ3n) is 3.26. The Labute approximate surface area is 145 Å². The van der Waals surface area contributed by atoms with Crippen molar-refractivity contribution >= 4 is 34.8 Å². The van der Waals surface area contributed by atoms with E-state index in [1.54, 1.807) is 0 Å². The van der Waals surface area contributed by atoms with E-state index < -0.39 is 34.2 Å². The summed E-state index contributed by atoms with van der Waals surface area (Å²) in [5, 5.41) is 13.0. The van der Waals surface area contributed by atoms with Gasteiger partial charge >= 0.3 is 0 Å². The largest absolute Gasteiger partial charge is 0.345 e. The van der Waals surface area contributed by atoms with Crippen LogP contribution in [0.4, 0.5) is 14.5 Å². The van der Waals surface area contributed by atoms with Gasteiger partial charge in [-0.2, -0.15) is 0 Å². The number of amides is 1. The second-order valence-electron chi connectivity index (χ2n) is 4.90. The second kappa shape index (κ2) is 7.11. The fourth-order valence-electron chi connectivity index (χ4n) is 2.02. The van der Waals surface area contributed by atoms with Crippen molar-refractivity contribution in [2.24, 2.45) is 0 Å². The molecule has 0 saturated carbocycles. The van der Waals surface area contributed by atoms with E-state index in [2.05, 4.69) is 5.32 Å². The molecule has 1 atom stereocenters. The Morgan fingerprint density at radius 2 is 1.83 bits per heavy atom. The molecular weight excluding hydrogens is 365 g/mol. The lowest BCUT2D eigenvalue weighted by Gasteiger charge is -2.16. The highest BCUT2D eigenvalue weighted by molar-refractivity contribution is 6.35. The van der Waals surface area contributed by atoms with Gasteiger partial charge in [0.1, 0.15) is 11.6 Å². The molecule has 0 fully saturated rings. The van der Waals surface area contributed by atoms with E-state index >= 15 is 0 Å². The minimum Gasteiger partial charge on any atom is -0.345 e. The number of nitrogens with one attached hydrogen (secondary N) is 1. The normalized spacial score (nSPS) is 11.9. The van der Waals surface area contributed by atoms with Crippen LogP contribution in [0.5, 0.6) is 0 Å². The first-order valence-corrected chi connectivity index (χ1v) is 7.35. The lowest BCUT2D eigenvalue weighted by atomic mass is 10.1. The summed E-state index contributed by atoms with van der Waals surface area (Å²) in [6.45, 7) is 1.52. The fraction of sp³-hybridized carbons (Fsp3) is 0.133. The molecule has 0 aromatic heterocycles. The van der Waals surface area contributed by atoms with Crippen LogP contribution in [-0.2, 0) is 0 Å². The highest BCUT2D eigenvalue weighted by Gasteiger charge is 2.20. The van der Waals surface area contributed by atoms with Crippen molar-refractivity contribution < 1.29 is 18.5 Å². The number of benzene rings is 2. The first kappa shape index (κ1) is 18.1. The molecule has 0 radical (unpaired) electrons. The summed E-state index contributed by atoms with van der Waals surface area (Å²) in [7, 11) is 0. The monoisotopic (exact) mass is 374 g/mol. The van der Waals surface area contributed by atoms with Crippen LogP contribution in [0, 0.1) is 21.7 Å². The highest BCUT2D eigenvalue weighted by atomic mass is 35.5. The number of hydrogen-bond donors (Lipinski definition) is 1. The van der Waals surface area contributed by atoms with Gasteiger partial charge in [-0.05, 0) is 30.7 Å². The Kier molecular flexibility index (Phi) is 5.36. The summed E-state index contributed by atoms with van der Waals surface area (Å²) in [5.41, 5.74) is -0.591. The molecule has 0 saturated heterocycles. The van der Waals surface area contributed by atoms with Crippen LogP contribution in [0.1, 0.15) is 28.9 Å². The Morgan fingerprint density at radius 3 is 2.42 bits per heavy atom. The molecule has 126 valence electrons. The predicted molar refractivity (Wildman–Crippen MR) is 85.4 cm³/mol. The number of rotatable bonds is 4. The first-order chi connectivity index (χ1) is 11.2. The molecule has 24 heavy (non-hydrogen) atoms. The van der Waals surface area contributed by atoms with Gasteiger partial charge in [0.2, 0.25) is 0 Å².